The van der Waals surface area contributed by atoms with E-state index in [0.29, 0.717) is 17.1 Å². The monoisotopic (exact) mass is 431 g/mol. The van der Waals surface area contributed by atoms with Crippen LogP contribution >= 0.6 is 0 Å². The first-order chi connectivity index (χ1) is 14.4. The summed E-state index contributed by atoms with van der Waals surface area (Å²) >= 11 is 0. The molecule has 0 atom stereocenters. The number of ether oxygens (including phenoxy) is 3. The van der Waals surface area contributed by atoms with Gasteiger partial charge in [-0.1, -0.05) is 12.1 Å². The molecule has 9 nitrogen and oxygen atoms in total. The molecule has 0 aliphatic rings. The highest BCUT2D eigenvalue weighted by Gasteiger charge is 2.21. The first-order valence-corrected chi connectivity index (χ1v) is 10.4. The van der Waals surface area contributed by atoms with Crippen LogP contribution in [0.15, 0.2) is 53.6 Å². The molecule has 0 fully saturated rings. The van der Waals surface area contributed by atoms with Crippen molar-refractivity contribution >= 4 is 10.0 Å². The van der Waals surface area contributed by atoms with E-state index in [1.807, 2.05) is 0 Å². The van der Waals surface area contributed by atoms with E-state index in [1.165, 1.54) is 31.5 Å². The number of hydrogen-bond acceptors (Lipinski definition) is 8. The minimum absolute atomic E-state index is 0.0124. The summed E-state index contributed by atoms with van der Waals surface area (Å²) in [6.07, 6.45) is 1.52. The number of primary sulfonamides is 1. The predicted molar refractivity (Wildman–Crippen MR) is 110 cm³/mol. The predicted octanol–water partition coefficient (Wildman–Crippen LogP) is 1.85. The summed E-state index contributed by atoms with van der Waals surface area (Å²) in [6, 6.07) is 11.5. The highest BCUT2D eigenvalue weighted by molar-refractivity contribution is 7.89. The summed E-state index contributed by atoms with van der Waals surface area (Å²) in [4.78, 5) is 8.45. The van der Waals surface area contributed by atoms with Gasteiger partial charge in [0.1, 0.15) is 18.1 Å². The Kier molecular flexibility index (Phi) is 6.50. The molecule has 0 spiro atoms. The summed E-state index contributed by atoms with van der Waals surface area (Å²) in [7, 11) is -1.03. The SMILES string of the molecule is COc1ccc(-c2cnc(OCCO)nc2-c2cc(OC)ccc2S(N)(=O)=O)cc1. The molecule has 158 valence electrons. The number of aliphatic hydroxyl groups is 1. The summed E-state index contributed by atoms with van der Waals surface area (Å²) in [5, 5.41) is 14.4. The van der Waals surface area contributed by atoms with Gasteiger partial charge in [0.2, 0.25) is 10.0 Å². The Labute approximate surface area is 174 Å². The molecule has 0 radical (unpaired) electrons. The van der Waals surface area contributed by atoms with Crippen molar-refractivity contribution in [2.45, 2.75) is 4.90 Å². The second kappa shape index (κ2) is 9.08. The first-order valence-electron chi connectivity index (χ1n) is 8.83. The van der Waals surface area contributed by atoms with Gasteiger partial charge in [0.05, 0.1) is 31.4 Å². The van der Waals surface area contributed by atoms with Crippen LogP contribution in [0.3, 0.4) is 0 Å². The number of aliphatic hydroxyl groups excluding tert-OH is 1. The van der Waals surface area contributed by atoms with Crippen LogP contribution in [0.1, 0.15) is 0 Å². The summed E-state index contributed by atoms with van der Waals surface area (Å²) in [6.45, 7) is -0.234. The van der Waals surface area contributed by atoms with E-state index in [4.69, 9.17) is 24.5 Å². The van der Waals surface area contributed by atoms with Gasteiger partial charge in [0, 0.05) is 17.3 Å². The van der Waals surface area contributed by atoms with E-state index >= 15 is 0 Å². The second-order valence-electron chi connectivity index (χ2n) is 6.12. The number of sulfonamides is 1. The average molecular weight is 431 g/mol. The lowest BCUT2D eigenvalue weighted by Gasteiger charge is -2.15. The Bertz CT molecular complexity index is 1130. The molecular weight excluding hydrogens is 410 g/mol. The van der Waals surface area contributed by atoms with Crippen molar-refractivity contribution in [2.75, 3.05) is 27.4 Å². The Hall–Kier alpha value is -3.21. The minimum Gasteiger partial charge on any atom is -0.497 e. The number of nitrogens with two attached hydrogens (primary N) is 1. The van der Waals surface area contributed by atoms with Gasteiger partial charge in [-0.05, 0) is 35.9 Å². The van der Waals surface area contributed by atoms with E-state index in [2.05, 4.69) is 9.97 Å². The van der Waals surface area contributed by atoms with Gasteiger partial charge in [-0.2, -0.15) is 4.98 Å². The van der Waals surface area contributed by atoms with Gasteiger partial charge in [-0.25, -0.2) is 18.5 Å². The zero-order valence-electron chi connectivity index (χ0n) is 16.4. The summed E-state index contributed by atoms with van der Waals surface area (Å²) in [5.74, 6) is 1.09. The van der Waals surface area contributed by atoms with Crippen molar-refractivity contribution in [3.63, 3.8) is 0 Å². The van der Waals surface area contributed by atoms with Crippen LogP contribution in [0.2, 0.25) is 0 Å². The summed E-state index contributed by atoms with van der Waals surface area (Å²) in [5.41, 5.74) is 1.79. The maximum absolute atomic E-state index is 12.2. The number of hydrogen-bond donors (Lipinski definition) is 2. The number of aromatic nitrogens is 2. The number of rotatable bonds is 8. The molecule has 3 N–H and O–H groups in total. The Morgan fingerprint density at radius 3 is 2.27 bits per heavy atom. The van der Waals surface area contributed by atoms with Gasteiger partial charge in [0.15, 0.2) is 0 Å². The topological polar surface area (TPSA) is 134 Å². The molecule has 0 aliphatic heterocycles. The minimum atomic E-state index is -4.06. The zero-order chi connectivity index (χ0) is 21.7. The Morgan fingerprint density at radius 1 is 1.00 bits per heavy atom. The van der Waals surface area contributed by atoms with E-state index in [1.54, 1.807) is 31.4 Å². The molecule has 30 heavy (non-hydrogen) atoms. The third-order valence-electron chi connectivity index (χ3n) is 4.24. The number of benzene rings is 2. The van der Waals surface area contributed by atoms with Crippen molar-refractivity contribution in [1.29, 1.82) is 0 Å². The number of nitrogens with zero attached hydrogens (tertiary/aromatic N) is 2. The highest BCUT2D eigenvalue weighted by Crippen LogP contribution is 2.37. The van der Waals surface area contributed by atoms with Gasteiger partial charge in [-0.3, -0.25) is 0 Å². The van der Waals surface area contributed by atoms with E-state index in [-0.39, 0.29) is 35.4 Å². The van der Waals surface area contributed by atoms with Crippen molar-refractivity contribution in [3.05, 3.63) is 48.7 Å². The van der Waals surface area contributed by atoms with Crippen molar-refractivity contribution in [2.24, 2.45) is 5.14 Å². The Morgan fingerprint density at radius 2 is 1.67 bits per heavy atom. The number of methoxy groups -OCH3 is 2. The smallest absolute Gasteiger partial charge is 0.317 e. The quantitative estimate of drug-likeness (QED) is 0.552. The average Bonchev–Trinajstić information content (AvgIpc) is 2.76. The fraction of sp³-hybridized carbons (Fsp3) is 0.200. The third kappa shape index (κ3) is 4.67. The van der Waals surface area contributed by atoms with Crippen molar-refractivity contribution < 1.29 is 27.7 Å². The van der Waals surface area contributed by atoms with Crippen LogP contribution in [-0.2, 0) is 10.0 Å². The molecule has 0 saturated heterocycles. The fourth-order valence-corrected chi connectivity index (χ4v) is 3.55. The molecule has 0 amide bonds. The maximum atomic E-state index is 12.2. The zero-order valence-corrected chi connectivity index (χ0v) is 17.2. The molecule has 0 bridgehead atoms. The van der Waals surface area contributed by atoms with E-state index in [9.17, 15) is 8.42 Å². The van der Waals surface area contributed by atoms with Gasteiger partial charge in [-0.15, -0.1) is 0 Å². The molecule has 1 heterocycles. The molecule has 1 aromatic heterocycles. The van der Waals surface area contributed by atoms with Crippen LogP contribution < -0.4 is 19.3 Å². The lowest BCUT2D eigenvalue weighted by Crippen LogP contribution is -2.14. The van der Waals surface area contributed by atoms with E-state index in [0.717, 1.165) is 5.56 Å². The molecule has 3 aromatic rings. The highest BCUT2D eigenvalue weighted by atomic mass is 32.2. The standard InChI is InChI=1S/C20H21N3O6S/c1-27-14-5-3-13(4-6-14)17-12-22-20(29-10-9-24)23-19(17)16-11-15(28-2)7-8-18(16)30(21,25)26/h3-8,11-12,24H,9-10H2,1-2H3,(H2,21,25,26). The molecule has 3 rings (SSSR count). The second-order valence-corrected chi connectivity index (χ2v) is 7.65. The lowest BCUT2D eigenvalue weighted by atomic mass is 10.0. The third-order valence-corrected chi connectivity index (χ3v) is 5.21. The van der Waals surface area contributed by atoms with Crippen LogP contribution in [0.25, 0.3) is 22.4 Å². The fourth-order valence-electron chi connectivity index (χ4n) is 2.83. The molecule has 10 heteroatoms. The molecule has 0 aliphatic carbocycles. The largest absolute Gasteiger partial charge is 0.497 e. The van der Waals surface area contributed by atoms with Gasteiger partial charge < -0.3 is 19.3 Å². The van der Waals surface area contributed by atoms with Crippen LogP contribution in [-0.4, -0.2) is 50.9 Å². The lowest BCUT2D eigenvalue weighted by molar-refractivity contribution is 0.191. The van der Waals surface area contributed by atoms with E-state index < -0.39 is 10.0 Å². The normalized spacial score (nSPS) is 11.2. The van der Waals surface area contributed by atoms with Crippen molar-refractivity contribution in [1.82, 2.24) is 9.97 Å². The van der Waals surface area contributed by atoms with Crippen LogP contribution in [0, 0.1) is 0 Å². The maximum Gasteiger partial charge on any atom is 0.317 e. The first kappa shape index (κ1) is 21.5. The summed E-state index contributed by atoms with van der Waals surface area (Å²) < 4.78 is 40.2. The molecule has 0 unspecified atom stereocenters. The van der Waals surface area contributed by atoms with Gasteiger partial charge >= 0.3 is 6.01 Å². The molecule has 2 aromatic carbocycles. The van der Waals surface area contributed by atoms with Crippen molar-refractivity contribution in [3.8, 4) is 39.9 Å². The van der Waals surface area contributed by atoms with Crippen LogP contribution in [0.5, 0.6) is 17.5 Å². The van der Waals surface area contributed by atoms with Gasteiger partial charge in [0.25, 0.3) is 0 Å². The Balaban J connectivity index is 2.27. The molecular formula is C20H21N3O6S. The van der Waals surface area contributed by atoms with Crippen LogP contribution in [0.4, 0.5) is 0 Å². The molecule has 0 saturated carbocycles.